The minimum Gasteiger partial charge on any atom is -0.481 e. The van der Waals surface area contributed by atoms with E-state index in [4.69, 9.17) is 10.5 Å². The van der Waals surface area contributed by atoms with Crippen molar-refractivity contribution >= 4 is 5.82 Å². The van der Waals surface area contributed by atoms with E-state index in [2.05, 4.69) is 10.3 Å². The smallest absolute Gasteiger partial charge is 0.214 e. The number of rotatable bonds is 6. The van der Waals surface area contributed by atoms with Gasteiger partial charge in [0.25, 0.3) is 0 Å². The van der Waals surface area contributed by atoms with Gasteiger partial charge < -0.3 is 15.8 Å². The predicted octanol–water partition coefficient (Wildman–Crippen LogP) is 1.63. The van der Waals surface area contributed by atoms with E-state index >= 15 is 0 Å². The van der Waals surface area contributed by atoms with Crippen LogP contribution in [0.25, 0.3) is 0 Å². The van der Waals surface area contributed by atoms with Gasteiger partial charge >= 0.3 is 0 Å². The SMILES string of the molecule is COc1cccc(NCC2(CCN)CC2)n1. The molecule has 0 atom stereocenters. The van der Waals surface area contributed by atoms with Crippen LogP contribution in [0.4, 0.5) is 5.82 Å². The molecule has 1 aromatic rings. The maximum absolute atomic E-state index is 5.61. The Morgan fingerprint density at radius 3 is 2.94 bits per heavy atom. The van der Waals surface area contributed by atoms with Gasteiger partial charge in [-0.05, 0) is 37.3 Å². The number of nitrogens with zero attached hydrogens (tertiary/aromatic N) is 1. The zero-order chi connectivity index (χ0) is 11.4. The minimum absolute atomic E-state index is 0.430. The van der Waals surface area contributed by atoms with Crippen LogP contribution >= 0.6 is 0 Å². The third-order valence-electron chi connectivity index (χ3n) is 3.21. The fourth-order valence-corrected chi connectivity index (χ4v) is 1.90. The highest BCUT2D eigenvalue weighted by Crippen LogP contribution is 2.48. The molecule has 2 rings (SSSR count). The lowest BCUT2D eigenvalue weighted by molar-refractivity contribution is 0.398. The molecule has 0 amide bonds. The molecule has 0 spiro atoms. The van der Waals surface area contributed by atoms with Crippen LogP contribution in [0.3, 0.4) is 0 Å². The zero-order valence-corrected chi connectivity index (χ0v) is 9.70. The van der Waals surface area contributed by atoms with Crippen LogP contribution in [0.15, 0.2) is 18.2 Å². The summed E-state index contributed by atoms with van der Waals surface area (Å²) in [5, 5.41) is 3.36. The summed E-state index contributed by atoms with van der Waals surface area (Å²) < 4.78 is 5.08. The zero-order valence-electron chi connectivity index (χ0n) is 9.70. The van der Waals surface area contributed by atoms with Gasteiger partial charge in [-0.25, -0.2) is 0 Å². The normalized spacial score (nSPS) is 16.9. The lowest BCUT2D eigenvalue weighted by atomic mass is 10.0. The van der Waals surface area contributed by atoms with E-state index < -0.39 is 0 Å². The highest BCUT2D eigenvalue weighted by Gasteiger charge is 2.41. The van der Waals surface area contributed by atoms with Crippen molar-refractivity contribution in [1.82, 2.24) is 4.98 Å². The number of hydrogen-bond donors (Lipinski definition) is 2. The van der Waals surface area contributed by atoms with E-state index in [0.29, 0.717) is 11.3 Å². The first-order valence-electron chi connectivity index (χ1n) is 5.73. The van der Waals surface area contributed by atoms with Gasteiger partial charge in [0.1, 0.15) is 5.82 Å². The number of hydrogen-bond acceptors (Lipinski definition) is 4. The first kappa shape index (κ1) is 11.2. The third kappa shape index (κ3) is 2.64. The molecule has 0 unspecified atom stereocenters. The topological polar surface area (TPSA) is 60.2 Å². The Morgan fingerprint density at radius 2 is 2.31 bits per heavy atom. The first-order chi connectivity index (χ1) is 7.78. The van der Waals surface area contributed by atoms with E-state index in [-0.39, 0.29) is 0 Å². The largest absolute Gasteiger partial charge is 0.481 e. The maximum atomic E-state index is 5.61. The van der Waals surface area contributed by atoms with E-state index in [1.807, 2.05) is 18.2 Å². The number of nitrogens with two attached hydrogens (primary N) is 1. The summed E-state index contributed by atoms with van der Waals surface area (Å²) in [4.78, 5) is 4.32. The molecule has 88 valence electrons. The van der Waals surface area contributed by atoms with E-state index in [1.54, 1.807) is 7.11 Å². The van der Waals surface area contributed by atoms with Crippen molar-refractivity contribution in [2.24, 2.45) is 11.1 Å². The van der Waals surface area contributed by atoms with Crippen molar-refractivity contribution in [1.29, 1.82) is 0 Å². The molecular formula is C12H19N3O. The molecular weight excluding hydrogens is 202 g/mol. The standard InChI is InChI=1S/C12H19N3O/c1-16-11-4-2-3-10(15-11)14-9-12(5-6-12)7-8-13/h2-4H,5-9,13H2,1H3,(H,14,15). The Hall–Kier alpha value is -1.29. The molecule has 3 N–H and O–H groups in total. The van der Waals surface area contributed by atoms with Crippen LogP contribution in [0.2, 0.25) is 0 Å². The monoisotopic (exact) mass is 221 g/mol. The van der Waals surface area contributed by atoms with Gasteiger partial charge in [0.2, 0.25) is 5.88 Å². The maximum Gasteiger partial charge on any atom is 0.214 e. The Morgan fingerprint density at radius 1 is 1.50 bits per heavy atom. The van der Waals surface area contributed by atoms with Crippen LogP contribution in [0, 0.1) is 5.41 Å². The molecule has 4 nitrogen and oxygen atoms in total. The fourth-order valence-electron chi connectivity index (χ4n) is 1.90. The molecule has 1 saturated carbocycles. The molecule has 0 aromatic carbocycles. The molecule has 4 heteroatoms. The Kier molecular flexibility index (Phi) is 3.29. The van der Waals surface area contributed by atoms with Gasteiger partial charge in [-0.1, -0.05) is 6.07 Å². The van der Waals surface area contributed by atoms with Crippen molar-refractivity contribution in [3.63, 3.8) is 0 Å². The Bertz CT molecular complexity index is 350. The van der Waals surface area contributed by atoms with E-state index in [0.717, 1.165) is 25.3 Å². The Labute approximate surface area is 96.2 Å². The lowest BCUT2D eigenvalue weighted by Crippen LogP contribution is -2.19. The molecule has 0 aliphatic heterocycles. The number of methoxy groups -OCH3 is 1. The van der Waals surface area contributed by atoms with Crippen molar-refractivity contribution in [2.45, 2.75) is 19.3 Å². The first-order valence-corrected chi connectivity index (χ1v) is 5.73. The fraction of sp³-hybridized carbons (Fsp3) is 0.583. The molecule has 16 heavy (non-hydrogen) atoms. The lowest BCUT2D eigenvalue weighted by Gasteiger charge is -2.15. The molecule has 1 aromatic heterocycles. The average molecular weight is 221 g/mol. The average Bonchev–Trinajstić information content (AvgIpc) is 3.08. The summed E-state index contributed by atoms with van der Waals surface area (Å²) in [6.07, 6.45) is 3.66. The number of pyridine rings is 1. The van der Waals surface area contributed by atoms with E-state index in [1.165, 1.54) is 12.8 Å². The summed E-state index contributed by atoms with van der Waals surface area (Å²) in [5.74, 6) is 1.52. The third-order valence-corrected chi connectivity index (χ3v) is 3.21. The van der Waals surface area contributed by atoms with E-state index in [9.17, 15) is 0 Å². The van der Waals surface area contributed by atoms with Crippen LogP contribution in [-0.4, -0.2) is 25.2 Å². The molecule has 1 fully saturated rings. The van der Waals surface area contributed by atoms with Gasteiger partial charge in [0.05, 0.1) is 7.11 Å². The predicted molar refractivity (Wildman–Crippen MR) is 64.6 cm³/mol. The second-order valence-electron chi connectivity index (χ2n) is 4.46. The summed E-state index contributed by atoms with van der Waals surface area (Å²) in [6.45, 7) is 1.73. The van der Waals surface area contributed by atoms with Gasteiger partial charge in [-0.15, -0.1) is 0 Å². The van der Waals surface area contributed by atoms with Crippen LogP contribution in [-0.2, 0) is 0 Å². The van der Waals surface area contributed by atoms with Crippen LogP contribution in [0.1, 0.15) is 19.3 Å². The molecule has 1 heterocycles. The van der Waals surface area contributed by atoms with Crippen LogP contribution < -0.4 is 15.8 Å². The van der Waals surface area contributed by atoms with Gasteiger partial charge in [0, 0.05) is 12.6 Å². The Balaban J connectivity index is 1.89. The van der Waals surface area contributed by atoms with Crippen molar-refractivity contribution in [3.8, 4) is 5.88 Å². The highest BCUT2D eigenvalue weighted by atomic mass is 16.5. The summed E-state index contributed by atoms with van der Waals surface area (Å²) in [7, 11) is 1.63. The minimum atomic E-state index is 0.430. The number of ether oxygens (including phenoxy) is 1. The number of anilines is 1. The number of aromatic nitrogens is 1. The second-order valence-corrected chi connectivity index (χ2v) is 4.46. The quantitative estimate of drug-likeness (QED) is 0.766. The molecule has 0 saturated heterocycles. The highest BCUT2D eigenvalue weighted by molar-refractivity contribution is 5.37. The molecule has 1 aliphatic carbocycles. The molecule has 0 radical (unpaired) electrons. The molecule has 1 aliphatic rings. The molecule has 0 bridgehead atoms. The summed E-state index contributed by atoms with van der Waals surface area (Å²) in [5.41, 5.74) is 6.04. The summed E-state index contributed by atoms with van der Waals surface area (Å²) in [6, 6.07) is 5.75. The van der Waals surface area contributed by atoms with Crippen molar-refractivity contribution < 1.29 is 4.74 Å². The van der Waals surface area contributed by atoms with Crippen LogP contribution in [0.5, 0.6) is 5.88 Å². The van der Waals surface area contributed by atoms with Gasteiger partial charge in [-0.3, -0.25) is 0 Å². The summed E-state index contributed by atoms with van der Waals surface area (Å²) >= 11 is 0. The van der Waals surface area contributed by atoms with Crippen molar-refractivity contribution in [2.75, 3.05) is 25.5 Å². The van der Waals surface area contributed by atoms with Gasteiger partial charge in [-0.2, -0.15) is 4.98 Å². The second kappa shape index (κ2) is 4.70. The van der Waals surface area contributed by atoms with Crippen molar-refractivity contribution in [3.05, 3.63) is 18.2 Å². The number of nitrogens with one attached hydrogen (secondary N) is 1. The van der Waals surface area contributed by atoms with Gasteiger partial charge in [0.15, 0.2) is 0 Å².